The van der Waals surface area contributed by atoms with Gasteiger partial charge in [0.2, 0.25) is 0 Å². The van der Waals surface area contributed by atoms with Gasteiger partial charge >= 0.3 is 18.2 Å². The third-order valence-corrected chi connectivity index (χ3v) is 13.0. The number of cyclic esters (lactones) is 1. The molecule has 0 N–H and O–H groups in total. The molecule has 4 aliphatic heterocycles. The van der Waals surface area contributed by atoms with Gasteiger partial charge in [-0.15, -0.1) is 0 Å². The maximum Gasteiger partial charge on any atom is 0.509 e. The van der Waals surface area contributed by atoms with Crippen molar-refractivity contribution in [3.63, 3.8) is 0 Å². The molecular weight excluding hydrogens is 787 g/mol. The van der Waals surface area contributed by atoms with Gasteiger partial charge < -0.3 is 47.5 Å². The minimum absolute atomic E-state index is 0.0269. The summed E-state index contributed by atoms with van der Waals surface area (Å²) in [5, 5.41) is 0. The van der Waals surface area contributed by atoms with Crippen LogP contribution in [0.1, 0.15) is 99.6 Å². The third kappa shape index (κ3) is 10.1. The highest BCUT2D eigenvalue weighted by molar-refractivity contribution is 6.00. The number of nitrogens with zero attached hydrogens (tertiary/aromatic N) is 1. The van der Waals surface area contributed by atoms with E-state index < -0.39 is 108 Å². The Bertz CT molecular complexity index is 1840. The second-order valence-electron chi connectivity index (χ2n) is 18.3. The lowest BCUT2D eigenvalue weighted by atomic mass is 9.76. The Labute approximate surface area is 360 Å². The molecule has 336 valence electrons. The Hall–Kier alpha value is -4.08. The van der Waals surface area contributed by atoms with Crippen molar-refractivity contribution in [2.24, 2.45) is 23.7 Å². The van der Waals surface area contributed by atoms with Crippen molar-refractivity contribution < 1.29 is 61.8 Å². The quantitative estimate of drug-likeness (QED) is 0.130. The fraction of sp³-hybridized carbons (Fsp3) is 0.660. The van der Waals surface area contributed by atoms with E-state index in [0.717, 1.165) is 11.1 Å². The smallest absolute Gasteiger partial charge is 0.458 e. The summed E-state index contributed by atoms with van der Waals surface area (Å²) in [6, 6.07) is 17.6. The molecule has 4 aliphatic rings. The van der Waals surface area contributed by atoms with Crippen LogP contribution in [0.15, 0.2) is 60.7 Å². The summed E-state index contributed by atoms with van der Waals surface area (Å²) in [5.41, 5.74) is -0.613. The molecule has 0 spiro atoms. The first-order valence-corrected chi connectivity index (χ1v) is 21.7. The summed E-state index contributed by atoms with van der Waals surface area (Å²) in [5.74, 6) is -4.66. The molecule has 2 aromatic carbocycles. The van der Waals surface area contributed by atoms with Gasteiger partial charge in [-0.1, -0.05) is 88.4 Å². The lowest BCUT2D eigenvalue weighted by Crippen LogP contribution is -2.60. The average molecular weight is 852 g/mol. The molecule has 2 bridgehead atoms. The van der Waals surface area contributed by atoms with Crippen LogP contribution in [-0.4, -0.2) is 102 Å². The van der Waals surface area contributed by atoms with Crippen LogP contribution in [0.4, 0.5) is 9.59 Å². The van der Waals surface area contributed by atoms with Gasteiger partial charge in [0.15, 0.2) is 24.0 Å². The Morgan fingerprint density at radius 3 is 2.07 bits per heavy atom. The van der Waals surface area contributed by atoms with Crippen molar-refractivity contribution in [2.75, 3.05) is 7.05 Å². The standard InChI is InChI=1S/C47H65NO13/c1-12-35-47(10,61-45(7,8)59-35)40-31(6)37-27(2)24-46(9,60-37)39(29(4)36(49)30(5)41(50)57-40)58-42-38(56-44(52)54-26-33-21-17-14-18-22-33)34(23-28(3)55-42)48(11)43(51)53-25-32-19-15-13-16-20-32/h13-22,27-31,34-35,37-40,42H,12,23-26H2,1-11H3/t27?,28?,29-,30+,31-,34?,35+,37?,38?,39+,40+,42-,46?,47+/m0/s1. The van der Waals surface area contributed by atoms with Crippen LogP contribution in [-0.2, 0) is 65.4 Å². The van der Waals surface area contributed by atoms with Crippen LogP contribution in [0.3, 0.4) is 0 Å². The van der Waals surface area contributed by atoms with Crippen LogP contribution >= 0.6 is 0 Å². The van der Waals surface area contributed by atoms with Gasteiger partial charge in [0.05, 0.1) is 36.1 Å². The van der Waals surface area contributed by atoms with E-state index in [1.54, 1.807) is 14.0 Å². The molecule has 0 aliphatic carbocycles. The molecule has 14 atom stereocenters. The fourth-order valence-corrected chi connectivity index (χ4v) is 10.0. The number of fused-ring (bicyclic) bond motifs is 2. The predicted molar refractivity (Wildman–Crippen MR) is 222 cm³/mol. The van der Waals surface area contributed by atoms with Crippen molar-refractivity contribution >= 4 is 24.0 Å². The highest BCUT2D eigenvalue weighted by atomic mass is 16.8. The lowest BCUT2D eigenvalue weighted by Gasteiger charge is -2.46. The summed E-state index contributed by atoms with van der Waals surface area (Å²) in [7, 11) is 1.57. The minimum Gasteiger partial charge on any atom is -0.458 e. The Balaban J connectivity index is 1.33. The zero-order valence-corrected chi connectivity index (χ0v) is 37.5. The second-order valence-corrected chi connectivity index (χ2v) is 18.3. The number of Topliss-reactive ketones (excluding diaryl/α,β-unsaturated/α-hetero) is 1. The number of ether oxygens (including phenoxy) is 9. The topological polar surface area (TPSA) is 155 Å². The van der Waals surface area contributed by atoms with Crippen LogP contribution in [0.5, 0.6) is 0 Å². The molecule has 1 amide bonds. The molecule has 6 rings (SSSR count). The van der Waals surface area contributed by atoms with E-state index in [9.17, 15) is 19.2 Å². The SMILES string of the molecule is CC[C@H]1OC(C)(C)O[C@@]1(C)[C@@H]1OC(=O)[C@H](C)C(=O)[C@H](C)[C@@H](O[C@@H]2OC(C)CC(N(C)C(=O)OCc3ccccc3)C2OC(=O)OCc2ccccc2)C2(C)CC(C)C(O2)[C@@H]1C. The summed E-state index contributed by atoms with van der Waals surface area (Å²) < 4.78 is 57.1. The first-order chi connectivity index (χ1) is 28.8. The Morgan fingerprint density at radius 1 is 0.852 bits per heavy atom. The molecule has 4 heterocycles. The van der Waals surface area contributed by atoms with Gasteiger partial charge in [-0.3, -0.25) is 9.59 Å². The normalized spacial score (nSPS) is 37.6. The van der Waals surface area contributed by atoms with Gasteiger partial charge in [-0.2, -0.15) is 0 Å². The third-order valence-electron chi connectivity index (χ3n) is 13.0. The molecule has 0 aromatic heterocycles. The number of amides is 1. The molecule has 4 saturated heterocycles. The molecule has 0 saturated carbocycles. The minimum atomic E-state index is -1.31. The molecular formula is C47H65NO13. The molecule has 14 heteroatoms. The van der Waals surface area contributed by atoms with E-state index in [2.05, 4.69) is 6.92 Å². The summed E-state index contributed by atoms with van der Waals surface area (Å²) in [6.45, 7) is 18.6. The van der Waals surface area contributed by atoms with Crippen molar-refractivity contribution in [1.29, 1.82) is 0 Å². The van der Waals surface area contributed by atoms with E-state index in [-0.39, 0.29) is 25.6 Å². The molecule has 0 radical (unpaired) electrons. The number of hydrogen-bond acceptors (Lipinski definition) is 13. The molecule has 14 nitrogen and oxygen atoms in total. The average Bonchev–Trinajstić information content (AvgIpc) is 3.69. The predicted octanol–water partition coefficient (Wildman–Crippen LogP) is 7.77. The number of benzene rings is 2. The number of rotatable bonds is 10. The van der Waals surface area contributed by atoms with Gasteiger partial charge in [-0.05, 0) is 77.8 Å². The van der Waals surface area contributed by atoms with Crippen LogP contribution in [0.25, 0.3) is 0 Å². The van der Waals surface area contributed by atoms with Gasteiger partial charge in [0.1, 0.15) is 30.8 Å². The highest BCUT2D eigenvalue weighted by Gasteiger charge is 2.62. The lowest BCUT2D eigenvalue weighted by molar-refractivity contribution is -0.296. The maximum atomic E-state index is 14.5. The number of carbonyl (C=O) groups is 4. The molecule has 4 fully saturated rings. The molecule has 6 unspecified atom stereocenters. The van der Waals surface area contributed by atoms with Crippen molar-refractivity contribution in [2.45, 2.75) is 168 Å². The molecule has 2 aromatic rings. The van der Waals surface area contributed by atoms with E-state index in [4.69, 9.17) is 42.6 Å². The number of ketones is 1. The number of likely N-dealkylation sites (N-methyl/N-ethyl adjacent to an activating group) is 1. The largest absolute Gasteiger partial charge is 0.509 e. The second kappa shape index (κ2) is 18.7. The number of carbonyl (C=O) groups excluding carboxylic acids is 4. The summed E-state index contributed by atoms with van der Waals surface area (Å²) >= 11 is 0. The monoisotopic (exact) mass is 851 g/mol. The molecule has 61 heavy (non-hydrogen) atoms. The highest BCUT2D eigenvalue weighted by Crippen LogP contribution is 2.50. The van der Waals surface area contributed by atoms with Crippen molar-refractivity contribution in [3.05, 3.63) is 71.8 Å². The summed E-state index contributed by atoms with van der Waals surface area (Å²) in [6.07, 6.45) is -6.10. The first kappa shape index (κ1) is 46.4. The van der Waals surface area contributed by atoms with E-state index in [1.807, 2.05) is 109 Å². The first-order valence-electron chi connectivity index (χ1n) is 21.7. The van der Waals surface area contributed by atoms with Gasteiger partial charge in [0.25, 0.3) is 0 Å². The zero-order chi connectivity index (χ0) is 44.4. The van der Waals surface area contributed by atoms with Crippen LogP contribution in [0.2, 0.25) is 0 Å². The van der Waals surface area contributed by atoms with Crippen molar-refractivity contribution in [3.8, 4) is 0 Å². The van der Waals surface area contributed by atoms with Crippen molar-refractivity contribution in [1.82, 2.24) is 4.90 Å². The number of esters is 1. The Morgan fingerprint density at radius 2 is 1.46 bits per heavy atom. The fourth-order valence-electron chi connectivity index (χ4n) is 10.0. The van der Waals surface area contributed by atoms with Crippen LogP contribution < -0.4 is 0 Å². The summed E-state index contributed by atoms with van der Waals surface area (Å²) in [4.78, 5) is 57.3. The van der Waals surface area contributed by atoms with Gasteiger partial charge in [-0.25, -0.2) is 9.59 Å². The number of hydrogen-bond donors (Lipinski definition) is 0. The zero-order valence-electron chi connectivity index (χ0n) is 37.5. The van der Waals surface area contributed by atoms with E-state index in [0.29, 0.717) is 12.8 Å². The van der Waals surface area contributed by atoms with E-state index in [1.165, 1.54) is 11.8 Å². The Kier molecular flexibility index (Phi) is 14.2. The van der Waals surface area contributed by atoms with E-state index >= 15 is 0 Å². The maximum absolute atomic E-state index is 14.5. The van der Waals surface area contributed by atoms with Crippen LogP contribution in [0, 0.1) is 23.7 Å². The van der Waals surface area contributed by atoms with Gasteiger partial charge in [0, 0.05) is 18.9 Å².